The number of H-pyrrole nitrogens is 2. The van der Waals surface area contributed by atoms with E-state index in [4.69, 9.17) is 28.9 Å². The van der Waals surface area contributed by atoms with Crippen LogP contribution < -0.4 is 20.1 Å². The van der Waals surface area contributed by atoms with Gasteiger partial charge in [-0.3, -0.25) is 14.2 Å². The van der Waals surface area contributed by atoms with Gasteiger partial charge in [0.15, 0.2) is 0 Å². The first-order valence-electron chi connectivity index (χ1n) is 23.5. The number of methoxy groups -OCH3 is 2. The van der Waals surface area contributed by atoms with Crippen LogP contribution in [0.25, 0.3) is 44.7 Å². The quantitative estimate of drug-likeness (QED) is 0.0867. The van der Waals surface area contributed by atoms with E-state index in [0.717, 1.165) is 50.5 Å². The summed E-state index contributed by atoms with van der Waals surface area (Å²) in [7, 11) is 2.54. The average Bonchev–Trinajstić information content (AvgIpc) is 4.20. The molecule has 17 nitrogen and oxygen atoms in total. The number of benzene rings is 2. The van der Waals surface area contributed by atoms with Crippen molar-refractivity contribution < 1.29 is 42.5 Å². The van der Waals surface area contributed by atoms with Crippen LogP contribution in [0.1, 0.15) is 100 Å². The van der Waals surface area contributed by atoms with Crippen LogP contribution in [-0.2, 0) is 19.1 Å². The molecule has 0 spiro atoms. The SMILES string of the molecule is CCOc1cc(C2Oc3cc(-c4cnc([C@@H]5CCCN5C(=O)[C@@H](NC(=O)OC)C(C)C)[nH]4)cc(F)c3-c3cc4cc(-c5cnc([C@@H]6CCCN6C(=O)[C@@H](NC(=O)OC)C(C)C)[nH]5)ccc4n32)sc1C. The van der Waals surface area contributed by atoms with Crippen LogP contribution in [0.3, 0.4) is 0 Å². The number of carbonyl (C=O) groups is 4. The number of imidazole rings is 2. The van der Waals surface area contributed by atoms with Gasteiger partial charge < -0.3 is 49.3 Å². The number of fused-ring (bicyclic) bond motifs is 5. The second kappa shape index (κ2) is 19.2. The fourth-order valence-corrected chi connectivity index (χ4v) is 10.9. The number of thiophene rings is 1. The summed E-state index contributed by atoms with van der Waals surface area (Å²) in [5.74, 6) is 1.09. The smallest absolute Gasteiger partial charge is 0.407 e. The molecule has 2 aromatic carbocycles. The fraction of sp³-hybridized carbons (Fsp3) is 0.440. The molecule has 3 aliphatic heterocycles. The first kappa shape index (κ1) is 47.2. The Kier molecular flexibility index (Phi) is 13.2. The molecule has 364 valence electrons. The van der Waals surface area contributed by atoms with E-state index in [9.17, 15) is 19.2 Å². The Labute approximate surface area is 403 Å². The lowest BCUT2D eigenvalue weighted by molar-refractivity contribution is -0.136. The molecule has 0 bridgehead atoms. The minimum Gasteiger partial charge on any atom is -0.493 e. The lowest BCUT2D eigenvalue weighted by atomic mass is 10.0. The highest BCUT2D eigenvalue weighted by molar-refractivity contribution is 7.12. The van der Waals surface area contributed by atoms with Crippen molar-refractivity contribution in [2.45, 2.75) is 97.6 Å². The van der Waals surface area contributed by atoms with Gasteiger partial charge in [-0.1, -0.05) is 33.8 Å². The van der Waals surface area contributed by atoms with Gasteiger partial charge in [-0.15, -0.1) is 11.3 Å². The Hall–Kier alpha value is -6.89. The summed E-state index contributed by atoms with van der Waals surface area (Å²) >= 11 is 1.56. The van der Waals surface area contributed by atoms with E-state index < -0.39 is 36.3 Å². The highest BCUT2D eigenvalue weighted by Gasteiger charge is 2.40. The van der Waals surface area contributed by atoms with Gasteiger partial charge >= 0.3 is 12.2 Å². The van der Waals surface area contributed by atoms with Gasteiger partial charge in [0, 0.05) is 40.5 Å². The number of likely N-dealkylation sites (tertiary alicyclic amines) is 2. The molecule has 2 saturated heterocycles. The van der Waals surface area contributed by atoms with Gasteiger partial charge in [0.05, 0.1) is 78.3 Å². The molecular formula is C50H58FN9O8S. The normalized spacial score (nSPS) is 18.5. The Morgan fingerprint density at radius 3 is 1.96 bits per heavy atom. The van der Waals surface area contributed by atoms with Gasteiger partial charge in [-0.2, -0.15) is 0 Å². The summed E-state index contributed by atoms with van der Waals surface area (Å²) in [5.41, 5.74) is 4.46. The Bertz CT molecular complexity index is 2920. The molecule has 4 amide bonds. The number of nitrogens with zero attached hydrogens (tertiary/aromatic N) is 5. The molecule has 0 aliphatic carbocycles. The van der Waals surface area contributed by atoms with E-state index in [1.807, 2.05) is 82.5 Å². The Morgan fingerprint density at radius 1 is 0.826 bits per heavy atom. The molecule has 3 aliphatic rings. The van der Waals surface area contributed by atoms with E-state index in [0.29, 0.717) is 72.5 Å². The molecule has 7 heterocycles. The topological polar surface area (TPSA) is 198 Å². The lowest BCUT2D eigenvalue weighted by Crippen LogP contribution is -2.51. The molecular weight excluding hydrogens is 906 g/mol. The number of nitrogens with one attached hydrogen (secondary N) is 4. The maximum atomic E-state index is 16.9. The number of hydrogen-bond donors (Lipinski definition) is 4. The second-order valence-electron chi connectivity index (χ2n) is 18.4. The lowest BCUT2D eigenvalue weighted by Gasteiger charge is -2.30. The Morgan fingerprint density at radius 2 is 1.41 bits per heavy atom. The number of carbonyl (C=O) groups excluding carboxylic acids is 4. The molecule has 5 atom stereocenters. The van der Waals surface area contributed by atoms with E-state index >= 15 is 4.39 Å². The van der Waals surface area contributed by atoms with Crippen LogP contribution >= 0.6 is 11.3 Å². The van der Waals surface area contributed by atoms with Crippen LogP contribution in [-0.4, -0.2) is 104 Å². The highest BCUT2D eigenvalue weighted by Crippen LogP contribution is 2.49. The zero-order chi connectivity index (χ0) is 48.8. The number of aryl methyl sites for hydroxylation is 1. The third kappa shape index (κ3) is 8.87. The molecule has 1 unspecified atom stereocenters. The van der Waals surface area contributed by atoms with Crippen LogP contribution in [0.15, 0.2) is 54.9 Å². The number of aromatic amines is 2. The predicted molar refractivity (Wildman–Crippen MR) is 257 cm³/mol. The number of alkyl carbamates (subject to hydrolysis) is 2. The van der Waals surface area contributed by atoms with Crippen LogP contribution in [0.2, 0.25) is 0 Å². The van der Waals surface area contributed by atoms with E-state index in [2.05, 4.69) is 20.6 Å². The predicted octanol–water partition coefficient (Wildman–Crippen LogP) is 9.02. The third-order valence-electron chi connectivity index (χ3n) is 13.4. The fourth-order valence-electron chi connectivity index (χ4n) is 9.88. The van der Waals surface area contributed by atoms with Crippen LogP contribution in [0.4, 0.5) is 14.0 Å². The maximum absolute atomic E-state index is 16.9. The molecule has 4 aromatic heterocycles. The Balaban J connectivity index is 1.04. The number of amides is 4. The first-order chi connectivity index (χ1) is 33.2. The highest BCUT2D eigenvalue weighted by atomic mass is 32.1. The molecule has 9 rings (SSSR count). The standard InChI is InChI=1S/C50H58FN9O8S/c1-9-67-38-22-40(69-27(38)6)48-60-34-15-14-28(32-23-52-44(54-32)35-12-10-16-58(35)46(61)42(25(2)3)56-49(63)65-7)18-30(34)20-37(60)41-31(51)19-29(21-39(41)68-48)33-24-53-45(55-33)36-13-11-17-59(36)47(62)43(26(4)5)57-50(64)66-8/h14-15,18-26,35-36,42-43,48H,9-13,16-17H2,1-8H3,(H,52,54)(H,53,55)(H,56,63)(H,57,64)/t35-,36-,42-,43-,48?/m0/s1. The van der Waals surface area contributed by atoms with Crippen molar-refractivity contribution in [1.29, 1.82) is 0 Å². The van der Waals surface area contributed by atoms with Crippen molar-refractivity contribution in [1.82, 2.24) is 44.9 Å². The monoisotopic (exact) mass is 963 g/mol. The van der Waals surface area contributed by atoms with Crippen molar-refractivity contribution in [3.05, 3.63) is 82.1 Å². The summed E-state index contributed by atoms with van der Waals surface area (Å²) in [6.07, 6.45) is 4.34. The van der Waals surface area contributed by atoms with Crippen molar-refractivity contribution >= 4 is 46.2 Å². The average molecular weight is 964 g/mol. The van der Waals surface area contributed by atoms with Crippen LogP contribution in [0, 0.1) is 24.6 Å². The zero-order valence-corrected chi connectivity index (χ0v) is 40.8. The van der Waals surface area contributed by atoms with Gasteiger partial charge in [0.1, 0.15) is 41.0 Å². The molecule has 0 radical (unpaired) electrons. The third-order valence-corrected chi connectivity index (χ3v) is 14.4. The number of rotatable bonds is 13. The maximum Gasteiger partial charge on any atom is 0.407 e. The van der Waals surface area contributed by atoms with E-state index in [-0.39, 0.29) is 35.7 Å². The van der Waals surface area contributed by atoms with Gasteiger partial charge in [0.2, 0.25) is 18.0 Å². The van der Waals surface area contributed by atoms with Crippen LogP contribution in [0.5, 0.6) is 11.5 Å². The second-order valence-corrected chi connectivity index (χ2v) is 19.7. The van der Waals surface area contributed by atoms with Crippen molar-refractivity contribution in [2.24, 2.45) is 11.8 Å². The van der Waals surface area contributed by atoms with Gasteiger partial charge in [-0.25, -0.2) is 23.9 Å². The first-order valence-corrected chi connectivity index (χ1v) is 24.3. The van der Waals surface area contributed by atoms with E-state index in [1.165, 1.54) is 20.3 Å². The number of ether oxygens (including phenoxy) is 4. The molecule has 69 heavy (non-hydrogen) atoms. The molecule has 19 heteroatoms. The largest absolute Gasteiger partial charge is 0.493 e. The number of hydrogen-bond acceptors (Lipinski definition) is 11. The van der Waals surface area contributed by atoms with Crippen molar-refractivity contribution in [2.75, 3.05) is 33.9 Å². The summed E-state index contributed by atoms with van der Waals surface area (Å²) in [6, 6.07) is 11.1. The number of aromatic nitrogens is 5. The zero-order valence-electron chi connectivity index (χ0n) is 40.0. The van der Waals surface area contributed by atoms with Crippen molar-refractivity contribution in [3.8, 4) is 45.3 Å². The number of halogens is 1. The minimum atomic E-state index is -0.779. The van der Waals surface area contributed by atoms with Crippen molar-refractivity contribution in [3.63, 3.8) is 0 Å². The molecule has 0 saturated carbocycles. The van der Waals surface area contributed by atoms with Gasteiger partial charge in [-0.05, 0) is 81.7 Å². The molecule has 6 aromatic rings. The summed E-state index contributed by atoms with van der Waals surface area (Å²) < 4.78 is 41.4. The van der Waals surface area contributed by atoms with Gasteiger partial charge in [0.25, 0.3) is 0 Å². The van der Waals surface area contributed by atoms with E-state index in [1.54, 1.807) is 33.5 Å². The summed E-state index contributed by atoms with van der Waals surface area (Å²) in [6.45, 7) is 13.0. The summed E-state index contributed by atoms with van der Waals surface area (Å²) in [5, 5.41) is 6.24. The minimum absolute atomic E-state index is 0.158. The summed E-state index contributed by atoms with van der Waals surface area (Å²) in [4.78, 5) is 73.6. The molecule has 4 N–H and O–H groups in total. The molecule has 2 fully saturated rings.